The minimum atomic E-state index is -2.09. The van der Waals surface area contributed by atoms with Gasteiger partial charge in [-0.05, 0) is 105 Å². The van der Waals surface area contributed by atoms with Gasteiger partial charge < -0.3 is 94.7 Å². The number of nitrogens with one attached hydrogen (secondary N) is 5. The molecule has 126 heavy (non-hydrogen) atoms. The van der Waals surface area contributed by atoms with Gasteiger partial charge in [0.05, 0.1) is 101 Å². The van der Waals surface area contributed by atoms with Crippen LogP contribution in [0.1, 0.15) is 130 Å². The summed E-state index contributed by atoms with van der Waals surface area (Å²) in [6, 6.07) is 6.16. The Hall–Kier alpha value is -13.1. The first-order valence-corrected chi connectivity index (χ1v) is 41.3. The summed E-state index contributed by atoms with van der Waals surface area (Å²) in [4.78, 5) is 266. The Balaban J connectivity index is 0.792. The van der Waals surface area contributed by atoms with Gasteiger partial charge in [-0.3, -0.25) is 86.4 Å². The van der Waals surface area contributed by atoms with Crippen LogP contribution in [0.5, 0.6) is 0 Å². The second kappa shape index (κ2) is 43.5. The number of benzene rings is 2. The van der Waals surface area contributed by atoms with Crippen LogP contribution in [0.15, 0.2) is 53.3 Å². The second-order valence-electron chi connectivity index (χ2n) is 32.6. The molecule has 682 valence electrons. The summed E-state index contributed by atoms with van der Waals surface area (Å²) in [7, 11) is 13.3. The largest absolute Gasteiger partial charge is 0.458 e. The van der Waals surface area contributed by atoms with Crippen molar-refractivity contribution in [2.24, 2.45) is 5.92 Å². The fourth-order valence-electron chi connectivity index (χ4n) is 14.4. The number of amides is 17. The SMILES string of the molecule is CC[C@@]1(O)C(=O)OCc2c1cc1n(c2=O)Cc2c-1nc1cc(F)c(C)c3c1c2C(NC(=O)OCc1ccc(NC(=O)[C@H](CCCCNC(=O)CN(C)C(=O)CN(C)C(=O)CN(C)C(=O)CN(C)C(=O)CN(C)C(=O)CN(C)C(=O)CN(C)C(=O)CN(C)C(=O)CN(C)C(=O)CN(C)C(C)=O)NC(=O)[C@@H](NC(=O)CCCCCN2C(=O)C=CC2=O)C(C)C)cc1)CC3. The van der Waals surface area contributed by atoms with Crippen molar-refractivity contribution < 1.29 is 105 Å². The standard InChI is InChI=1S/C85H113FN18O22/c1-16-85(124)57-34-62-79-55(36-104(62)82(121)56(57)48-125-83(85)122)77-59(29-28-54-50(4)58(86)35-61(89-79)76(54)77)91-84(123)126-47-52-24-26-53(27-25-52)88-80(119)60(90-81(120)78(49(2)3)92-63(106)23-18-17-21-33-103-65(108)30-31-66(103)109)22-19-20-32-87-64(107)37-94(7)68(111)39-96(9)70(113)41-98(11)72(115)43-100(13)74(117)45-102(15)75(118)46-101(14)73(116)44-99(12)71(114)42-97(10)69(112)40-95(8)67(110)38-93(6)51(5)105/h24-27,30-31,34-35,49,59-60,78,124H,16-23,28-29,32-33,36-48H2,1-15H3,(H,87,107)(H,88,119)(H,90,120)(H,91,123)(H,92,106)/t59?,60-,78-,85-/m0/s1. The number of ether oxygens (including phenoxy) is 2. The maximum atomic E-state index is 15.6. The molecule has 3 aliphatic heterocycles. The third-order valence-electron chi connectivity index (χ3n) is 22.7. The number of carbonyl (C=O) groups excluding carboxylic acids is 18. The number of fused-ring (bicyclic) bond motifs is 5. The number of anilines is 1. The van der Waals surface area contributed by atoms with Gasteiger partial charge in [0.2, 0.25) is 82.7 Å². The van der Waals surface area contributed by atoms with Gasteiger partial charge in [-0.25, -0.2) is 19.0 Å². The normalized spacial score (nSPS) is 15.0. The predicted octanol–water partition coefficient (Wildman–Crippen LogP) is -0.619. The minimum Gasteiger partial charge on any atom is -0.458 e. The average Bonchev–Trinajstić information content (AvgIpc) is 1.53. The first kappa shape index (κ1) is 98.3. The zero-order valence-electron chi connectivity index (χ0n) is 73.8. The lowest BCUT2D eigenvalue weighted by Gasteiger charge is -2.31. The van der Waals surface area contributed by atoms with Crippen LogP contribution in [0.2, 0.25) is 0 Å². The molecule has 0 bridgehead atoms. The van der Waals surface area contributed by atoms with Gasteiger partial charge in [-0.2, -0.15) is 0 Å². The van der Waals surface area contributed by atoms with E-state index in [2.05, 4.69) is 26.6 Å². The molecule has 4 atom stereocenters. The molecule has 5 heterocycles. The molecule has 0 spiro atoms. The second-order valence-corrected chi connectivity index (χ2v) is 32.6. The highest BCUT2D eigenvalue weighted by Gasteiger charge is 2.47. The molecule has 4 aromatic rings. The number of esters is 1. The Morgan fingerprint density at radius 2 is 1.10 bits per heavy atom. The molecule has 6 N–H and O–H groups in total. The molecular weight excluding hydrogens is 1640 g/mol. The summed E-state index contributed by atoms with van der Waals surface area (Å²) >= 11 is 0. The summed E-state index contributed by atoms with van der Waals surface area (Å²) in [5.74, 6) is -11.1. The molecule has 4 aliphatic rings. The van der Waals surface area contributed by atoms with Crippen molar-refractivity contribution in [2.75, 3.05) is 154 Å². The van der Waals surface area contributed by atoms with Crippen molar-refractivity contribution in [3.8, 4) is 11.4 Å². The molecule has 0 saturated carbocycles. The molecule has 1 aliphatic carbocycles. The van der Waals surface area contributed by atoms with Crippen LogP contribution < -0.4 is 32.1 Å². The predicted molar refractivity (Wildman–Crippen MR) is 451 cm³/mol. The monoisotopic (exact) mass is 1760 g/mol. The first-order chi connectivity index (χ1) is 59.3. The quantitative estimate of drug-likeness (QED) is 0.0161. The topological polar surface area (TPSA) is 477 Å². The van der Waals surface area contributed by atoms with Crippen LogP contribution in [0.4, 0.5) is 14.9 Å². The molecule has 8 rings (SSSR count). The van der Waals surface area contributed by atoms with E-state index in [0.717, 1.165) is 49.0 Å². The zero-order valence-corrected chi connectivity index (χ0v) is 73.8. The molecular formula is C85H113FN18O22. The highest BCUT2D eigenvalue weighted by Crippen LogP contribution is 2.46. The van der Waals surface area contributed by atoms with E-state index in [-0.39, 0.29) is 106 Å². The number of carbonyl (C=O) groups is 18. The van der Waals surface area contributed by atoms with Gasteiger partial charge in [0.1, 0.15) is 31.1 Å². The molecule has 1 unspecified atom stereocenters. The summed E-state index contributed by atoms with van der Waals surface area (Å²) < 4.78 is 28.1. The van der Waals surface area contributed by atoms with Crippen LogP contribution in [-0.2, 0) is 123 Å². The number of alkyl carbamates (subject to hydrolysis) is 1. The van der Waals surface area contributed by atoms with Crippen LogP contribution in [-0.4, -0.2) is 336 Å². The maximum Gasteiger partial charge on any atom is 0.407 e. The Kier molecular flexibility index (Phi) is 33.9. The Morgan fingerprint density at radius 1 is 0.603 bits per heavy atom. The molecule has 40 nitrogen and oxygen atoms in total. The van der Waals surface area contributed by atoms with Crippen LogP contribution >= 0.6 is 0 Å². The number of aryl methyl sites for hydroxylation is 1. The highest BCUT2D eigenvalue weighted by molar-refractivity contribution is 6.13. The fraction of sp³-hybridized carbons (Fsp3) is 0.529. The van der Waals surface area contributed by atoms with Gasteiger partial charge >= 0.3 is 12.1 Å². The van der Waals surface area contributed by atoms with Gasteiger partial charge in [0.25, 0.3) is 17.4 Å². The first-order valence-electron chi connectivity index (χ1n) is 41.3. The number of halogens is 1. The van der Waals surface area contributed by atoms with E-state index in [0.29, 0.717) is 76.7 Å². The molecule has 0 radical (unpaired) electrons. The Morgan fingerprint density at radius 3 is 1.58 bits per heavy atom. The van der Waals surface area contributed by atoms with Gasteiger partial charge in [-0.1, -0.05) is 39.3 Å². The Labute approximate surface area is 727 Å². The number of aromatic nitrogens is 2. The number of rotatable bonds is 41. The molecule has 2 aromatic heterocycles. The van der Waals surface area contributed by atoms with Gasteiger partial charge in [0, 0.05) is 137 Å². The van der Waals surface area contributed by atoms with Gasteiger partial charge in [0.15, 0.2) is 5.60 Å². The smallest absolute Gasteiger partial charge is 0.407 e. The van der Waals surface area contributed by atoms with Crippen molar-refractivity contribution in [3.63, 3.8) is 0 Å². The maximum absolute atomic E-state index is 15.6. The van der Waals surface area contributed by atoms with Crippen LogP contribution in [0.3, 0.4) is 0 Å². The average molecular weight is 1760 g/mol. The van der Waals surface area contributed by atoms with Gasteiger partial charge in [-0.15, -0.1) is 0 Å². The van der Waals surface area contributed by atoms with Crippen molar-refractivity contribution in [1.82, 2.24) is 84.7 Å². The summed E-state index contributed by atoms with van der Waals surface area (Å²) in [5, 5.41) is 26.2. The lowest BCUT2D eigenvalue weighted by molar-refractivity contribution is -0.172. The lowest BCUT2D eigenvalue weighted by atomic mass is 9.81. The third kappa shape index (κ3) is 24.9. The van der Waals surface area contributed by atoms with E-state index in [9.17, 15) is 96.2 Å². The third-order valence-corrected chi connectivity index (χ3v) is 22.7. The number of cyclic esters (lactones) is 1. The molecule has 17 amide bonds. The number of unbranched alkanes of at least 4 members (excludes halogenated alkanes) is 3. The van der Waals surface area contributed by atoms with E-state index in [1.807, 2.05) is 0 Å². The van der Waals surface area contributed by atoms with Crippen molar-refractivity contribution >= 4 is 123 Å². The number of likely N-dealkylation sites (N-methyl/N-ethyl adjacent to an activating group) is 10. The highest BCUT2D eigenvalue weighted by atomic mass is 19.1. The van der Waals surface area contributed by atoms with E-state index in [4.69, 9.17) is 14.5 Å². The summed E-state index contributed by atoms with van der Waals surface area (Å²) in [6.45, 7) is 3.05. The molecule has 0 saturated heterocycles. The number of pyridine rings is 2. The van der Waals surface area contributed by atoms with Crippen LogP contribution in [0.25, 0.3) is 22.3 Å². The molecule has 41 heteroatoms. The number of imide groups is 1. The van der Waals surface area contributed by atoms with Crippen molar-refractivity contribution in [1.29, 1.82) is 0 Å². The minimum absolute atomic E-state index is 0.0158. The number of hydrogen-bond acceptors (Lipinski definition) is 23. The van der Waals surface area contributed by atoms with E-state index in [1.54, 1.807) is 58.0 Å². The molecule has 0 fully saturated rings. The number of nitrogens with zero attached hydrogens (tertiary/aromatic N) is 13. The van der Waals surface area contributed by atoms with E-state index < -0.39 is 194 Å². The summed E-state index contributed by atoms with van der Waals surface area (Å²) in [5.41, 5.74) is 1.64. The van der Waals surface area contributed by atoms with E-state index in [1.165, 1.54) is 105 Å². The summed E-state index contributed by atoms with van der Waals surface area (Å²) in [6.07, 6.45) is 4.04. The molecule has 2 aromatic carbocycles. The van der Waals surface area contributed by atoms with E-state index >= 15 is 4.39 Å². The van der Waals surface area contributed by atoms with Crippen molar-refractivity contribution in [2.45, 2.75) is 142 Å². The lowest BCUT2D eigenvalue weighted by Crippen LogP contribution is -2.54. The Bertz CT molecular complexity index is 5020. The van der Waals surface area contributed by atoms with Crippen LogP contribution in [0, 0.1) is 18.7 Å². The number of hydrogen-bond donors (Lipinski definition) is 6. The fourth-order valence-corrected chi connectivity index (χ4v) is 14.4. The number of aliphatic hydroxyl groups is 1. The van der Waals surface area contributed by atoms with Crippen molar-refractivity contribution in [3.05, 3.63) is 104 Å². The zero-order chi connectivity index (χ0) is 93.2.